The number of amides is 1. The maximum absolute atomic E-state index is 12.2. The van der Waals surface area contributed by atoms with E-state index in [-0.39, 0.29) is 18.4 Å². The number of benzene rings is 1. The average Bonchev–Trinajstić information content (AvgIpc) is 3.12. The van der Waals surface area contributed by atoms with E-state index in [1.165, 1.54) is 11.3 Å². The summed E-state index contributed by atoms with van der Waals surface area (Å²) in [6.07, 6.45) is 1.82. The summed E-state index contributed by atoms with van der Waals surface area (Å²) < 4.78 is 5.46. The minimum Gasteiger partial charge on any atom is -0.375 e. The first-order valence-corrected chi connectivity index (χ1v) is 8.84. The lowest BCUT2D eigenvalue weighted by atomic mass is 10.1. The number of nitrogens with one attached hydrogen (secondary N) is 1. The Bertz CT molecular complexity index is 806. The van der Waals surface area contributed by atoms with E-state index in [1.807, 2.05) is 53.9 Å². The second kappa shape index (κ2) is 8.50. The molecule has 2 aromatic heterocycles. The van der Waals surface area contributed by atoms with Gasteiger partial charge in [0, 0.05) is 25.2 Å². The van der Waals surface area contributed by atoms with Gasteiger partial charge in [-0.3, -0.25) is 9.78 Å². The third-order valence-corrected chi connectivity index (χ3v) is 4.63. The third kappa shape index (κ3) is 4.71. The fourth-order valence-corrected chi connectivity index (χ4v) is 3.23. The minimum absolute atomic E-state index is 0.0733. The summed E-state index contributed by atoms with van der Waals surface area (Å²) in [6.45, 7) is 0.427. The van der Waals surface area contributed by atoms with Gasteiger partial charge >= 0.3 is 0 Å². The number of rotatable bonds is 7. The van der Waals surface area contributed by atoms with Crippen molar-refractivity contribution in [2.45, 2.75) is 12.5 Å². The molecule has 1 aromatic carbocycles. The van der Waals surface area contributed by atoms with E-state index >= 15 is 0 Å². The summed E-state index contributed by atoms with van der Waals surface area (Å²) in [5.41, 5.74) is 2.61. The molecule has 25 heavy (non-hydrogen) atoms. The molecule has 5 nitrogen and oxygen atoms in total. The number of thiazole rings is 1. The Morgan fingerprint density at radius 3 is 2.72 bits per heavy atom. The lowest BCUT2D eigenvalue weighted by Crippen LogP contribution is -2.30. The van der Waals surface area contributed by atoms with Gasteiger partial charge in [0.15, 0.2) is 0 Å². The first-order chi connectivity index (χ1) is 12.3. The topological polar surface area (TPSA) is 64.1 Å². The van der Waals surface area contributed by atoms with E-state index in [4.69, 9.17) is 4.74 Å². The van der Waals surface area contributed by atoms with Gasteiger partial charge in [-0.2, -0.15) is 0 Å². The van der Waals surface area contributed by atoms with Crippen molar-refractivity contribution in [3.05, 3.63) is 71.4 Å². The maximum Gasteiger partial charge on any atom is 0.226 e. The van der Waals surface area contributed by atoms with Crippen LogP contribution in [0.15, 0.2) is 60.1 Å². The molecular formula is C19H19N3O2S. The predicted octanol–water partition coefficient (Wildman–Crippen LogP) is 3.25. The molecule has 6 heteroatoms. The molecule has 0 aliphatic rings. The molecule has 1 atom stereocenters. The molecule has 0 saturated heterocycles. The molecule has 1 amide bonds. The van der Waals surface area contributed by atoms with Gasteiger partial charge in [-0.1, -0.05) is 36.4 Å². The molecular weight excluding hydrogens is 334 g/mol. The van der Waals surface area contributed by atoms with Gasteiger partial charge in [0.1, 0.15) is 5.01 Å². The van der Waals surface area contributed by atoms with Crippen molar-refractivity contribution in [1.29, 1.82) is 0 Å². The van der Waals surface area contributed by atoms with Crippen LogP contribution >= 0.6 is 11.3 Å². The molecule has 0 fully saturated rings. The van der Waals surface area contributed by atoms with Crippen LogP contribution in [-0.2, 0) is 16.0 Å². The maximum atomic E-state index is 12.2. The summed E-state index contributed by atoms with van der Waals surface area (Å²) in [5, 5.41) is 5.63. The number of hydrogen-bond donors (Lipinski definition) is 1. The van der Waals surface area contributed by atoms with Gasteiger partial charge in [0.25, 0.3) is 0 Å². The van der Waals surface area contributed by atoms with Crippen LogP contribution in [-0.4, -0.2) is 29.5 Å². The molecule has 0 spiro atoms. The molecule has 3 rings (SSSR count). The van der Waals surface area contributed by atoms with Crippen LogP contribution in [0.3, 0.4) is 0 Å². The van der Waals surface area contributed by atoms with E-state index in [0.717, 1.165) is 22.0 Å². The Morgan fingerprint density at radius 2 is 2.00 bits per heavy atom. The van der Waals surface area contributed by atoms with E-state index in [9.17, 15) is 4.79 Å². The largest absolute Gasteiger partial charge is 0.375 e. The van der Waals surface area contributed by atoms with Crippen molar-refractivity contribution in [2.24, 2.45) is 0 Å². The van der Waals surface area contributed by atoms with Gasteiger partial charge in [-0.25, -0.2) is 4.98 Å². The molecule has 0 bridgehead atoms. The van der Waals surface area contributed by atoms with E-state index in [2.05, 4.69) is 15.3 Å². The second-order valence-corrected chi connectivity index (χ2v) is 6.33. The van der Waals surface area contributed by atoms with Crippen molar-refractivity contribution in [3.63, 3.8) is 0 Å². The Labute approximate surface area is 150 Å². The lowest BCUT2D eigenvalue weighted by molar-refractivity contribution is -0.121. The number of carbonyl (C=O) groups excluding carboxylic acids is 1. The number of ether oxygens (including phenoxy) is 1. The van der Waals surface area contributed by atoms with Crippen molar-refractivity contribution in [1.82, 2.24) is 15.3 Å². The summed E-state index contributed by atoms with van der Waals surface area (Å²) in [5.74, 6) is -0.0733. The van der Waals surface area contributed by atoms with Gasteiger partial charge in [0.05, 0.1) is 23.9 Å². The van der Waals surface area contributed by atoms with Crippen LogP contribution < -0.4 is 5.32 Å². The zero-order chi connectivity index (χ0) is 17.5. The third-order valence-electron chi connectivity index (χ3n) is 3.72. The Hall–Kier alpha value is -2.57. The van der Waals surface area contributed by atoms with Gasteiger partial charge in [-0.15, -0.1) is 11.3 Å². The Balaban J connectivity index is 1.55. The van der Waals surface area contributed by atoms with Crippen molar-refractivity contribution < 1.29 is 9.53 Å². The Morgan fingerprint density at radius 1 is 1.20 bits per heavy atom. The number of hydrogen-bond acceptors (Lipinski definition) is 5. The normalized spacial score (nSPS) is 11.9. The lowest BCUT2D eigenvalue weighted by Gasteiger charge is -2.16. The number of pyridine rings is 1. The van der Waals surface area contributed by atoms with Crippen LogP contribution in [0.25, 0.3) is 10.7 Å². The number of nitrogens with zero attached hydrogens (tertiary/aromatic N) is 2. The number of carbonyl (C=O) groups is 1. The van der Waals surface area contributed by atoms with Crippen LogP contribution in [0.2, 0.25) is 0 Å². The molecule has 128 valence electrons. The molecule has 0 aliphatic heterocycles. The smallest absolute Gasteiger partial charge is 0.226 e. The molecule has 1 N–H and O–H groups in total. The quantitative estimate of drug-likeness (QED) is 0.708. The van der Waals surface area contributed by atoms with Crippen LogP contribution in [0.1, 0.15) is 17.4 Å². The highest BCUT2D eigenvalue weighted by Gasteiger charge is 2.13. The highest BCUT2D eigenvalue weighted by molar-refractivity contribution is 7.13. The monoisotopic (exact) mass is 353 g/mol. The molecule has 2 heterocycles. The SMILES string of the molecule is COC(CNC(=O)Cc1csc(-c2ccccn2)n1)c1ccccc1. The van der Waals surface area contributed by atoms with E-state index in [1.54, 1.807) is 13.3 Å². The first kappa shape index (κ1) is 17.3. The first-order valence-electron chi connectivity index (χ1n) is 7.96. The summed E-state index contributed by atoms with van der Waals surface area (Å²) in [6, 6.07) is 15.5. The molecule has 0 saturated carbocycles. The number of aromatic nitrogens is 2. The predicted molar refractivity (Wildman–Crippen MR) is 98.3 cm³/mol. The van der Waals surface area contributed by atoms with Crippen molar-refractivity contribution in [2.75, 3.05) is 13.7 Å². The molecule has 3 aromatic rings. The molecule has 0 radical (unpaired) electrons. The van der Waals surface area contributed by atoms with E-state index < -0.39 is 0 Å². The highest BCUT2D eigenvalue weighted by atomic mass is 32.1. The standard InChI is InChI=1S/C19H19N3O2S/c1-24-17(14-7-3-2-4-8-14)12-21-18(23)11-15-13-25-19(22-15)16-9-5-6-10-20-16/h2-10,13,17H,11-12H2,1H3,(H,21,23). The summed E-state index contributed by atoms with van der Waals surface area (Å²) in [4.78, 5) is 21.0. The fourth-order valence-electron chi connectivity index (χ4n) is 2.43. The van der Waals surface area contributed by atoms with E-state index in [0.29, 0.717) is 6.54 Å². The Kier molecular flexibility index (Phi) is 5.87. The second-order valence-electron chi connectivity index (χ2n) is 5.47. The van der Waals surface area contributed by atoms with Crippen LogP contribution in [0.4, 0.5) is 0 Å². The summed E-state index contributed by atoms with van der Waals surface area (Å²) >= 11 is 1.49. The van der Waals surface area contributed by atoms with Gasteiger partial charge in [0.2, 0.25) is 5.91 Å². The zero-order valence-corrected chi connectivity index (χ0v) is 14.7. The average molecular weight is 353 g/mol. The summed E-state index contributed by atoms with van der Waals surface area (Å²) in [7, 11) is 1.64. The van der Waals surface area contributed by atoms with Crippen molar-refractivity contribution in [3.8, 4) is 10.7 Å². The minimum atomic E-state index is -0.162. The highest BCUT2D eigenvalue weighted by Crippen LogP contribution is 2.21. The zero-order valence-electron chi connectivity index (χ0n) is 13.9. The van der Waals surface area contributed by atoms with Crippen LogP contribution in [0, 0.1) is 0 Å². The van der Waals surface area contributed by atoms with Gasteiger partial charge in [-0.05, 0) is 17.7 Å². The molecule has 0 aliphatic carbocycles. The molecule has 1 unspecified atom stereocenters. The van der Waals surface area contributed by atoms with Crippen molar-refractivity contribution >= 4 is 17.2 Å². The number of methoxy groups -OCH3 is 1. The van der Waals surface area contributed by atoms with Gasteiger partial charge < -0.3 is 10.1 Å². The van der Waals surface area contributed by atoms with Crippen LogP contribution in [0.5, 0.6) is 0 Å². The fraction of sp³-hybridized carbons (Fsp3) is 0.211.